The fraction of sp³-hybridized carbons (Fsp3) is 0.400. The predicted octanol–water partition coefficient (Wildman–Crippen LogP) is 3.72. The molecule has 0 N–H and O–H groups in total. The van der Waals surface area contributed by atoms with Gasteiger partial charge in [-0.05, 0) is 49.7 Å². The molecule has 2 aromatic heterocycles. The van der Waals surface area contributed by atoms with Gasteiger partial charge in [0.1, 0.15) is 17.3 Å². The van der Waals surface area contributed by atoms with E-state index in [0.29, 0.717) is 17.9 Å². The number of pyridine rings is 1. The monoisotopic (exact) mass is 388 g/mol. The van der Waals surface area contributed by atoms with E-state index >= 15 is 0 Å². The summed E-state index contributed by atoms with van der Waals surface area (Å²) in [4.78, 5) is 2.24. The van der Waals surface area contributed by atoms with E-state index in [4.69, 9.17) is 9.47 Å². The molecule has 1 unspecified atom stereocenters. The van der Waals surface area contributed by atoms with Gasteiger partial charge in [-0.25, -0.2) is 0 Å². The van der Waals surface area contributed by atoms with Crippen molar-refractivity contribution in [2.75, 3.05) is 20.2 Å². The van der Waals surface area contributed by atoms with E-state index in [1.54, 1.807) is 19.2 Å². The van der Waals surface area contributed by atoms with Gasteiger partial charge < -0.3 is 9.47 Å². The summed E-state index contributed by atoms with van der Waals surface area (Å²) in [7, 11) is 1.56. The van der Waals surface area contributed by atoms with E-state index in [9.17, 15) is 8.78 Å². The standard InChI is InChI=1S/C20H22F2N4O2/c1-27-16-7-8-17(28-20(21)22)15(11-16)13-25-9-4-5-14(12-25)19-24-23-18-6-2-3-10-26(18)19/h2-3,6-8,10-11,14,20H,4-5,9,12-13H2,1H3. The SMILES string of the molecule is COc1ccc(OC(F)F)c(CN2CCCC(c3nnc4ccccn34)C2)c1. The molecule has 1 aliphatic rings. The van der Waals surface area contributed by atoms with E-state index in [1.165, 1.54) is 6.07 Å². The molecular formula is C20H22F2N4O2. The summed E-state index contributed by atoms with van der Waals surface area (Å²) in [5.74, 6) is 1.98. The minimum atomic E-state index is -2.86. The lowest BCUT2D eigenvalue weighted by Gasteiger charge is -2.32. The Kier molecular flexibility index (Phi) is 5.38. The van der Waals surface area contributed by atoms with Gasteiger partial charge >= 0.3 is 6.61 Å². The molecule has 0 spiro atoms. The van der Waals surface area contributed by atoms with Gasteiger partial charge in [-0.1, -0.05) is 6.07 Å². The van der Waals surface area contributed by atoms with Crippen molar-refractivity contribution in [2.45, 2.75) is 31.9 Å². The number of methoxy groups -OCH3 is 1. The lowest BCUT2D eigenvalue weighted by Crippen LogP contribution is -2.34. The number of benzene rings is 1. The summed E-state index contributed by atoms with van der Waals surface area (Å²) in [5.41, 5.74) is 1.52. The van der Waals surface area contributed by atoms with Crippen LogP contribution in [-0.4, -0.2) is 46.3 Å². The molecule has 0 aliphatic carbocycles. The first-order valence-corrected chi connectivity index (χ1v) is 9.28. The highest BCUT2D eigenvalue weighted by molar-refractivity contribution is 5.40. The van der Waals surface area contributed by atoms with Crippen LogP contribution in [0.15, 0.2) is 42.6 Å². The van der Waals surface area contributed by atoms with Crippen molar-refractivity contribution in [2.24, 2.45) is 0 Å². The molecule has 1 saturated heterocycles. The van der Waals surface area contributed by atoms with Gasteiger partial charge in [0.05, 0.1) is 7.11 Å². The summed E-state index contributed by atoms with van der Waals surface area (Å²) in [6.45, 7) is -0.685. The second-order valence-corrected chi connectivity index (χ2v) is 6.91. The molecule has 6 nitrogen and oxygen atoms in total. The smallest absolute Gasteiger partial charge is 0.387 e. The summed E-state index contributed by atoms with van der Waals surface area (Å²) in [6, 6.07) is 10.8. The highest BCUT2D eigenvalue weighted by atomic mass is 19.3. The maximum atomic E-state index is 12.8. The van der Waals surface area contributed by atoms with Gasteiger partial charge in [-0.3, -0.25) is 9.30 Å². The van der Waals surface area contributed by atoms with Gasteiger partial charge in [-0.15, -0.1) is 10.2 Å². The van der Waals surface area contributed by atoms with Crippen molar-refractivity contribution in [1.29, 1.82) is 0 Å². The minimum Gasteiger partial charge on any atom is -0.497 e. The number of hydrogen-bond acceptors (Lipinski definition) is 5. The summed E-state index contributed by atoms with van der Waals surface area (Å²) < 4.78 is 37.5. The van der Waals surface area contributed by atoms with Crippen molar-refractivity contribution in [3.63, 3.8) is 0 Å². The Balaban J connectivity index is 1.54. The molecule has 1 fully saturated rings. The average Bonchev–Trinajstić information content (AvgIpc) is 3.13. The largest absolute Gasteiger partial charge is 0.497 e. The van der Waals surface area contributed by atoms with E-state index < -0.39 is 6.61 Å². The van der Waals surface area contributed by atoms with Crippen LogP contribution in [0, 0.1) is 0 Å². The number of fused-ring (bicyclic) bond motifs is 1. The number of halogens is 2. The van der Waals surface area contributed by atoms with Crippen LogP contribution in [-0.2, 0) is 6.54 Å². The zero-order valence-corrected chi connectivity index (χ0v) is 15.6. The quantitative estimate of drug-likeness (QED) is 0.644. The molecule has 3 aromatic rings. The van der Waals surface area contributed by atoms with Crippen LogP contribution in [0.3, 0.4) is 0 Å². The normalized spacial score (nSPS) is 17.9. The number of likely N-dealkylation sites (tertiary alicyclic amines) is 1. The number of alkyl halides is 2. The summed E-state index contributed by atoms with van der Waals surface area (Å²) in [6.07, 6.45) is 3.99. The molecule has 1 aliphatic heterocycles. The number of ether oxygens (including phenoxy) is 2. The van der Waals surface area contributed by atoms with E-state index in [0.717, 1.165) is 37.4 Å². The van der Waals surface area contributed by atoms with E-state index in [1.807, 2.05) is 28.8 Å². The molecule has 0 amide bonds. The Morgan fingerprint density at radius 1 is 1.21 bits per heavy atom. The van der Waals surface area contributed by atoms with E-state index in [2.05, 4.69) is 15.1 Å². The third-order valence-corrected chi connectivity index (χ3v) is 5.09. The van der Waals surface area contributed by atoms with Gasteiger partial charge in [0.15, 0.2) is 5.65 Å². The van der Waals surface area contributed by atoms with Crippen molar-refractivity contribution < 1.29 is 18.3 Å². The maximum Gasteiger partial charge on any atom is 0.387 e. The highest BCUT2D eigenvalue weighted by Crippen LogP contribution is 2.31. The molecule has 0 radical (unpaired) electrons. The van der Waals surface area contributed by atoms with Gasteiger partial charge in [0, 0.05) is 30.8 Å². The average molecular weight is 388 g/mol. The van der Waals surface area contributed by atoms with Crippen LogP contribution < -0.4 is 9.47 Å². The molecule has 0 bridgehead atoms. The van der Waals surface area contributed by atoms with Crippen molar-refractivity contribution in [3.05, 3.63) is 54.0 Å². The fourth-order valence-corrected chi connectivity index (χ4v) is 3.81. The van der Waals surface area contributed by atoms with Crippen LogP contribution >= 0.6 is 0 Å². The van der Waals surface area contributed by atoms with Gasteiger partial charge in [0.25, 0.3) is 0 Å². The molecular weight excluding hydrogens is 366 g/mol. The molecule has 1 atom stereocenters. The Bertz CT molecular complexity index is 947. The lowest BCUT2D eigenvalue weighted by atomic mass is 9.96. The molecule has 1 aromatic carbocycles. The third-order valence-electron chi connectivity index (χ3n) is 5.09. The number of piperidine rings is 1. The Labute approximate surface area is 161 Å². The minimum absolute atomic E-state index is 0.186. The number of hydrogen-bond donors (Lipinski definition) is 0. The Morgan fingerprint density at radius 3 is 2.93 bits per heavy atom. The van der Waals surface area contributed by atoms with E-state index in [-0.39, 0.29) is 11.7 Å². The summed E-state index contributed by atoms with van der Waals surface area (Å²) in [5, 5.41) is 8.63. The molecule has 28 heavy (non-hydrogen) atoms. The molecule has 0 saturated carbocycles. The van der Waals surface area contributed by atoms with Crippen molar-refractivity contribution >= 4 is 5.65 Å². The molecule has 8 heteroatoms. The zero-order valence-electron chi connectivity index (χ0n) is 15.6. The zero-order chi connectivity index (χ0) is 19.5. The molecule has 4 rings (SSSR count). The Morgan fingerprint density at radius 2 is 2.11 bits per heavy atom. The molecule has 3 heterocycles. The first kappa shape index (κ1) is 18.6. The number of nitrogens with zero attached hydrogens (tertiary/aromatic N) is 4. The number of rotatable bonds is 6. The van der Waals surface area contributed by atoms with Crippen LogP contribution in [0.2, 0.25) is 0 Å². The van der Waals surface area contributed by atoms with Gasteiger partial charge in [-0.2, -0.15) is 8.78 Å². The Hall–Kier alpha value is -2.74. The number of aromatic nitrogens is 3. The maximum absolute atomic E-state index is 12.8. The van der Waals surface area contributed by atoms with Crippen LogP contribution in [0.4, 0.5) is 8.78 Å². The van der Waals surface area contributed by atoms with Crippen molar-refractivity contribution in [3.8, 4) is 11.5 Å². The first-order valence-electron chi connectivity index (χ1n) is 9.28. The topological polar surface area (TPSA) is 51.9 Å². The second-order valence-electron chi connectivity index (χ2n) is 6.91. The van der Waals surface area contributed by atoms with Crippen molar-refractivity contribution in [1.82, 2.24) is 19.5 Å². The van der Waals surface area contributed by atoms with Gasteiger partial charge in [0.2, 0.25) is 0 Å². The lowest BCUT2D eigenvalue weighted by molar-refractivity contribution is -0.0508. The highest BCUT2D eigenvalue weighted by Gasteiger charge is 2.26. The first-order chi connectivity index (χ1) is 13.6. The molecule has 148 valence electrons. The van der Waals surface area contributed by atoms with Crippen LogP contribution in [0.1, 0.15) is 30.1 Å². The third kappa shape index (κ3) is 3.91. The fourth-order valence-electron chi connectivity index (χ4n) is 3.81. The summed E-state index contributed by atoms with van der Waals surface area (Å²) >= 11 is 0. The van der Waals surface area contributed by atoms with Crippen LogP contribution in [0.5, 0.6) is 11.5 Å². The van der Waals surface area contributed by atoms with Crippen LogP contribution in [0.25, 0.3) is 5.65 Å². The predicted molar refractivity (Wildman–Crippen MR) is 99.9 cm³/mol. The second kappa shape index (κ2) is 8.10.